The van der Waals surface area contributed by atoms with Gasteiger partial charge in [0.15, 0.2) is 11.9 Å². The molecule has 1 saturated carbocycles. The van der Waals surface area contributed by atoms with E-state index in [0.29, 0.717) is 25.9 Å². The molecule has 2 aliphatic heterocycles. The van der Waals surface area contributed by atoms with E-state index in [4.69, 9.17) is 11.5 Å². The lowest BCUT2D eigenvalue weighted by Gasteiger charge is -2.36. The number of nitrogens with zero attached hydrogens (tertiary/aromatic N) is 2. The van der Waals surface area contributed by atoms with Gasteiger partial charge in [-0.1, -0.05) is 0 Å². The highest BCUT2D eigenvalue weighted by molar-refractivity contribution is 6.52. The molecule has 1 aliphatic carbocycles. The van der Waals surface area contributed by atoms with Crippen molar-refractivity contribution in [2.75, 3.05) is 28.6 Å². The number of halogens is 1. The number of ketones is 2. The number of aliphatic carboxylic acids is 1. The summed E-state index contributed by atoms with van der Waals surface area (Å²) < 4.78 is 15.2. The molecule has 4 rings (SSSR count). The number of hydrogen-bond donors (Lipinski definition) is 3. The van der Waals surface area contributed by atoms with Crippen molar-refractivity contribution in [3.05, 3.63) is 17.4 Å². The van der Waals surface area contributed by atoms with Gasteiger partial charge in [0.1, 0.15) is 0 Å². The molecule has 1 saturated heterocycles. The van der Waals surface area contributed by atoms with Crippen LogP contribution in [0.2, 0.25) is 0 Å². The normalized spacial score (nSPS) is 24.8. The Balaban J connectivity index is 1.83. The molecule has 8 nitrogen and oxygen atoms in total. The van der Waals surface area contributed by atoms with Crippen LogP contribution in [0.3, 0.4) is 0 Å². The molecule has 1 aromatic carbocycles. The third-order valence-corrected chi connectivity index (χ3v) is 6.27. The molecule has 2 unspecified atom stereocenters. The second-order valence-electron chi connectivity index (χ2n) is 8.84. The Kier molecular flexibility index (Phi) is 4.34. The first-order valence-corrected chi connectivity index (χ1v) is 9.77. The fraction of sp³-hybridized carbons (Fsp3) is 0.550. The van der Waals surface area contributed by atoms with Gasteiger partial charge in [-0.2, -0.15) is 0 Å². The van der Waals surface area contributed by atoms with Gasteiger partial charge in [0.2, 0.25) is 11.6 Å². The first-order valence-electron chi connectivity index (χ1n) is 9.77. The van der Waals surface area contributed by atoms with Crippen molar-refractivity contribution in [1.29, 1.82) is 0 Å². The molecule has 2 atom stereocenters. The number of carboxylic acids is 1. The molecule has 2 heterocycles. The average Bonchev–Trinajstić information content (AvgIpc) is 3.34. The number of carboxylic acid groups (broad SMARTS) is 1. The Morgan fingerprint density at radius 2 is 1.90 bits per heavy atom. The summed E-state index contributed by atoms with van der Waals surface area (Å²) in [5, 5.41) is 9.58. The number of carbonyl (C=O) groups is 3. The summed E-state index contributed by atoms with van der Waals surface area (Å²) in [6, 6.07) is -0.306. The summed E-state index contributed by atoms with van der Waals surface area (Å²) in [5.41, 5.74) is 11.6. The predicted molar refractivity (Wildman–Crippen MR) is 106 cm³/mol. The third kappa shape index (κ3) is 3.04. The Hall–Kier alpha value is -2.68. The predicted octanol–water partition coefficient (Wildman–Crippen LogP) is 1.16. The summed E-state index contributed by atoms with van der Waals surface area (Å²) in [7, 11) is 0. The summed E-state index contributed by atoms with van der Waals surface area (Å²) >= 11 is 0. The summed E-state index contributed by atoms with van der Waals surface area (Å²) in [6.07, 6.45) is 2.18. The molecule has 5 N–H and O–H groups in total. The molecule has 156 valence electrons. The third-order valence-electron chi connectivity index (χ3n) is 6.27. The van der Waals surface area contributed by atoms with Crippen molar-refractivity contribution < 1.29 is 23.9 Å². The van der Waals surface area contributed by atoms with E-state index in [1.165, 1.54) is 11.0 Å². The molecular formula is C20H25FN4O4. The number of hydrogen-bond acceptors (Lipinski definition) is 7. The fourth-order valence-electron chi connectivity index (χ4n) is 4.41. The monoisotopic (exact) mass is 404 g/mol. The van der Waals surface area contributed by atoms with E-state index in [0.717, 1.165) is 6.42 Å². The van der Waals surface area contributed by atoms with Crippen LogP contribution in [0.4, 0.5) is 21.5 Å². The number of carbonyl (C=O) groups excluding carboxylic acids is 2. The fourth-order valence-corrected chi connectivity index (χ4v) is 4.41. The minimum Gasteiger partial charge on any atom is -0.479 e. The zero-order valence-electron chi connectivity index (χ0n) is 16.4. The zero-order chi connectivity index (χ0) is 21.2. The number of benzene rings is 1. The molecule has 0 spiro atoms. The molecule has 2 fully saturated rings. The van der Waals surface area contributed by atoms with Crippen LogP contribution in [0.1, 0.15) is 43.5 Å². The van der Waals surface area contributed by atoms with E-state index in [9.17, 15) is 19.5 Å². The van der Waals surface area contributed by atoms with Crippen LogP contribution >= 0.6 is 0 Å². The number of nitrogens with two attached hydrogens (primary N) is 2. The molecular weight excluding hydrogens is 379 g/mol. The number of anilines is 3. The molecule has 1 aromatic rings. The maximum Gasteiger partial charge on any atom is 0.334 e. The smallest absolute Gasteiger partial charge is 0.334 e. The van der Waals surface area contributed by atoms with Crippen molar-refractivity contribution >= 4 is 34.6 Å². The minimum absolute atomic E-state index is 0.147. The highest BCUT2D eigenvalue weighted by Crippen LogP contribution is 2.45. The SMILES string of the molecule is CC(C)(N)C1CCN(c2cc3c(c(N)c2F)C(=O)C(=O)C(C(=O)O)N3C2CC2)C1. The molecule has 29 heavy (non-hydrogen) atoms. The van der Waals surface area contributed by atoms with Crippen LogP contribution < -0.4 is 21.3 Å². The van der Waals surface area contributed by atoms with Gasteiger partial charge < -0.3 is 26.4 Å². The van der Waals surface area contributed by atoms with E-state index >= 15 is 4.39 Å². The van der Waals surface area contributed by atoms with E-state index in [-0.39, 0.29) is 28.9 Å². The lowest BCUT2D eigenvalue weighted by molar-refractivity contribution is -0.141. The van der Waals surface area contributed by atoms with Crippen LogP contribution in [0.25, 0.3) is 0 Å². The first-order chi connectivity index (χ1) is 13.5. The number of Topliss-reactive ketones (excluding diaryl/α,β-unsaturated/α-hetero) is 2. The maximum absolute atomic E-state index is 15.2. The Morgan fingerprint density at radius 1 is 1.24 bits per heavy atom. The summed E-state index contributed by atoms with van der Waals surface area (Å²) in [5.74, 6) is -4.13. The number of rotatable bonds is 4. The Bertz CT molecular complexity index is 922. The maximum atomic E-state index is 15.2. The number of nitrogen functional groups attached to an aromatic ring is 1. The highest BCUT2D eigenvalue weighted by atomic mass is 19.1. The van der Waals surface area contributed by atoms with Crippen LogP contribution in [-0.4, -0.2) is 53.4 Å². The standard InChI is InChI=1S/C20H25FN4O4/c1-20(2,23)9-5-6-24(8-9)12-7-11-13(15(22)14(12)21)17(26)18(27)16(19(28)29)25(11)10-3-4-10/h7,9-10,16H,3-6,8,22-23H2,1-2H3,(H,28,29). The van der Waals surface area contributed by atoms with Gasteiger partial charge in [-0.3, -0.25) is 9.59 Å². The van der Waals surface area contributed by atoms with Gasteiger partial charge in [0, 0.05) is 24.7 Å². The molecule has 9 heteroatoms. The lowest BCUT2D eigenvalue weighted by atomic mass is 9.88. The summed E-state index contributed by atoms with van der Waals surface area (Å²) in [6.45, 7) is 4.95. The van der Waals surface area contributed by atoms with Gasteiger partial charge >= 0.3 is 5.97 Å². The van der Waals surface area contributed by atoms with Gasteiger partial charge in [-0.05, 0) is 45.1 Å². The highest BCUT2D eigenvalue weighted by Gasteiger charge is 2.50. The zero-order valence-corrected chi connectivity index (χ0v) is 16.4. The quantitative estimate of drug-likeness (QED) is 0.387. The van der Waals surface area contributed by atoms with Gasteiger partial charge in [0.05, 0.1) is 22.6 Å². The second-order valence-corrected chi connectivity index (χ2v) is 8.84. The van der Waals surface area contributed by atoms with Crippen LogP contribution in [0.5, 0.6) is 0 Å². The minimum atomic E-state index is -1.60. The molecule has 0 aromatic heterocycles. The van der Waals surface area contributed by atoms with Gasteiger partial charge in [-0.15, -0.1) is 0 Å². The van der Waals surface area contributed by atoms with Crippen LogP contribution in [0, 0.1) is 11.7 Å². The van der Waals surface area contributed by atoms with Crippen molar-refractivity contribution in [2.45, 2.75) is 50.7 Å². The largest absolute Gasteiger partial charge is 0.479 e. The second kappa shape index (κ2) is 6.41. The van der Waals surface area contributed by atoms with E-state index in [1.54, 1.807) is 0 Å². The Labute approximate surface area is 167 Å². The molecule has 0 amide bonds. The molecule has 0 radical (unpaired) electrons. The topological polar surface area (TPSA) is 130 Å². The average molecular weight is 404 g/mol. The first kappa shape index (κ1) is 19.6. The Morgan fingerprint density at radius 3 is 2.41 bits per heavy atom. The van der Waals surface area contributed by atoms with Crippen molar-refractivity contribution in [1.82, 2.24) is 0 Å². The number of fused-ring (bicyclic) bond motifs is 1. The lowest BCUT2D eigenvalue weighted by Crippen LogP contribution is -2.54. The van der Waals surface area contributed by atoms with E-state index in [1.807, 2.05) is 18.7 Å². The van der Waals surface area contributed by atoms with Gasteiger partial charge in [0.25, 0.3) is 0 Å². The van der Waals surface area contributed by atoms with E-state index < -0.39 is 40.6 Å². The summed E-state index contributed by atoms with van der Waals surface area (Å²) in [4.78, 5) is 40.1. The van der Waals surface area contributed by atoms with Crippen molar-refractivity contribution in [3.8, 4) is 0 Å². The van der Waals surface area contributed by atoms with Crippen LogP contribution in [-0.2, 0) is 9.59 Å². The van der Waals surface area contributed by atoms with Crippen LogP contribution in [0.15, 0.2) is 6.07 Å². The van der Waals surface area contributed by atoms with Crippen molar-refractivity contribution in [3.63, 3.8) is 0 Å². The van der Waals surface area contributed by atoms with Gasteiger partial charge in [-0.25, -0.2) is 9.18 Å². The molecule has 3 aliphatic rings. The van der Waals surface area contributed by atoms with E-state index in [2.05, 4.69) is 0 Å². The molecule has 0 bridgehead atoms. The van der Waals surface area contributed by atoms with Crippen molar-refractivity contribution in [2.24, 2.45) is 11.7 Å².